The van der Waals surface area contributed by atoms with E-state index in [0.717, 1.165) is 27.6 Å². The molecule has 29 heavy (non-hydrogen) atoms. The van der Waals surface area contributed by atoms with Crippen LogP contribution in [0.4, 0.5) is 4.79 Å². The van der Waals surface area contributed by atoms with Crippen molar-refractivity contribution in [3.05, 3.63) is 29.8 Å². The van der Waals surface area contributed by atoms with Gasteiger partial charge in [-0.05, 0) is 52.8 Å². The Labute approximate surface area is 181 Å². The number of ether oxygens (including phenoxy) is 1. The molecule has 1 unspecified atom stereocenters. The van der Waals surface area contributed by atoms with Crippen LogP contribution in [0.5, 0.6) is 0 Å². The fourth-order valence-electron chi connectivity index (χ4n) is 2.91. The Kier molecular flexibility index (Phi) is 8.63. The lowest BCUT2D eigenvalue weighted by Crippen LogP contribution is -2.25. The van der Waals surface area contributed by atoms with Gasteiger partial charge in [0.25, 0.3) is 10.0 Å². The van der Waals surface area contributed by atoms with E-state index < -0.39 is 16.1 Å². The molecule has 6 nitrogen and oxygen atoms in total. The van der Waals surface area contributed by atoms with E-state index in [0.29, 0.717) is 5.92 Å². The summed E-state index contributed by atoms with van der Waals surface area (Å²) in [7, 11) is 0.912. The molecule has 0 aromatic heterocycles. The summed E-state index contributed by atoms with van der Waals surface area (Å²) in [6.45, 7) is 13.3. The first kappa shape index (κ1) is 25.8. The summed E-state index contributed by atoms with van der Waals surface area (Å²) in [5.74, 6) is 0.236. The zero-order chi connectivity index (χ0) is 22.6. The van der Waals surface area contributed by atoms with Crippen molar-refractivity contribution < 1.29 is 17.9 Å². The van der Waals surface area contributed by atoms with Crippen molar-refractivity contribution in [2.45, 2.75) is 58.8 Å². The summed E-state index contributed by atoms with van der Waals surface area (Å²) in [6.07, 6.45) is 0.495. The molecular formula is C21H36N2O4S2. The van der Waals surface area contributed by atoms with Crippen LogP contribution in [0.3, 0.4) is 0 Å². The lowest BCUT2D eigenvalue weighted by molar-refractivity contribution is 0.136. The van der Waals surface area contributed by atoms with E-state index >= 15 is 0 Å². The van der Waals surface area contributed by atoms with Crippen molar-refractivity contribution >= 4 is 28.1 Å². The van der Waals surface area contributed by atoms with Gasteiger partial charge in [0.2, 0.25) is 0 Å². The van der Waals surface area contributed by atoms with Crippen LogP contribution in [-0.2, 0) is 14.8 Å². The maximum atomic E-state index is 12.8. The summed E-state index contributed by atoms with van der Waals surface area (Å²) in [6, 6.07) is 7.15. The van der Waals surface area contributed by atoms with Gasteiger partial charge in [0.1, 0.15) is 0 Å². The van der Waals surface area contributed by atoms with Gasteiger partial charge < -0.3 is 9.64 Å². The SMILES string of the molecule is CN(C)C(=O)OCSN(C)S(=O)(=O)c1ccc(C(CC(C)(C)C)C(C)(C)C)cc1. The van der Waals surface area contributed by atoms with Crippen LogP contribution >= 0.6 is 11.9 Å². The number of benzene rings is 1. The molecule has 8 heteroatoms. The third-order valence-electron chi connectivity index (χ3n) is 4.56. The highest BCUT2D eigenvalue weighted by Gasteiger charge is 2.31. The van der Waals surface area contributed by atoms with Crippen molar-refractivity contribution in [3.8, 4) is 0 Å². The van der Waals surface area contributed by atoms with Gasteiger partial charge in [0, 0.05) is 21.1 Å². The topological polar surface area (TPSA) is 66.9 Å². The van der Waals surface area contributed by atoms with Crippen molar-refractivity contribution in [2.75, 3.05) is 27.1 Å². The Morgan fingerprint density at radius 2 is 1.55 bits per heavy atom. The minimum atomic E-state index is -3.68. The molecule has 1 atom stereocenters. The minimum absolute atomic E-state index is 0.0661. The molecule has 1 aromatic rings. The second kappa shape index (κ2) is 9.71. The normalized spacial score (nSPS) is 14.0. The number of carbonyl (C=O) groups is 1. The molecular weight excluding hydrogens is 408 g/mol. The number of nitrogens with zero attached hydrogens (tertiary/aromatic N) is 2. The Hall–Kier alpha value is -1.25. The first-order valence-electron chi connectivity index (χ1n) is 9.61. The minimum Gasteiger partial charge on any atom is -0.437 e. The van der Waals surface area contributed by atoms with E-state index in [1.807, 2.05) is 12.1 Å². The number of rotatable bonds is 7. The molecule has 1 aromatic carbocycles. The molecule has 0 heterocycles. The van der Waals surface area contributed by atoms with E-state index in [1.165, 1.54) is 11.9 Å². The van der Waals surface area contributed by atoms with Gasteiger partial charge >= 0.3 is 6.09 Å². The first-order valence-corrected chi connectivity index (χ1v) is 12.0. The van der Waals surface area contributed by atoms with Gasteiger partial charge in [-0.25, -0.2) is 13.2 Å². The Morgan fingerprint density at radius 3 is 1.97 bits per heavy atom. The molecule has 0 radical (unpaired) electrons. The smallest absolute Gasteiger partial charge is 0.410 e. The van der Waals surface area contributed by atoms with E-state index in [1.54, 1.807) is 26.2 Å². The van der Waals surface area contributed by atoms with Crippen LogP contribution in [0.1, 0.15) is 59.4 Å². The van der Waals surface area contributed by atoms with Gasteiger partial charge in [0.15, 0.2) is 5.94 Å². The van der Waals surface area contributed by atoms with E-state index in [9.17, 15) is 13.2 Å². The quantitative estimate of drug-likeness (QED) is 0.428. The second-order valence-electron chi connectivity index (χ2n) is 9.72. The highest BCUT2D eigenvalue weighted by atomic mass is 32.3. The molecule has 0 saturated heterocycles. The standard InChI is InChI=1S/C21H36N2O4S2/c1-20(2,3)14-18(21(4,5)6)16-10-12-17(13-11-16)29(25,26)23(9)28-15-27-19(24)22(7)8/h10-13,18H,14-15H2,1-9H3. The van der Waals surface area contributed by atoms with Gasteiger partial charge in [-0.2, -0.15) is 0 Å². The van der Waals surface area contributed by atoms with Crippen LogP contribution in [0.15, 0.2) is 29.2 Å². The van der Waals surface area contributed by atoms with Crippen LogP contribution in [-0.4, -0.2) is 50.2 Å². The maximum Gasteiger partial charge on any atom is 0.410 e. The molecule has 166 valence electrons. The molecule has 0 aliphatic heterocycles. The number of carbonyl (C=O) groups excluding carboxylic acids is 1. The highest BCUT2D eigenvalue weighted by molar-refractivity contribution is 8.08. The van der Waals surface area contributed by atoms with Crippen LogP contribution in [0.2, 0.25) is 0 Å². The second-order valence-corrected chi connectivity index (χ2v) is 13.0. The maximum absolute atomic E-state index is 12.8. The van der Waals surface area contributed by atoms with Crippen LogP contribution in [0.25, 0.3) is 0 Å². The fourth-order valence-corrected chi connectivity index (χ4v) is 4.93. The number of hydrogen-bond donors (Lipinski definition) is 0. The Balaban J connectivity index is 2.96. The number of sulfonamides is 1. The average Bonchev–Trinajstić information content (AvgIpc) is 2.57. The first-order chi connectivity index (χ1) is 13.1. The zero-order valence-electron chi connectivity index (χ0n) is 19.1. The van der Waals surface area contributed by atoms with Crippen molar-refractivity contribution in [2.24, 2.45) is 10.8 Å². The molecule has 0 aliphatic carbocycles. The van der Waals surface area contributed by atoms with Crippen molar-refractivity contribution in [1.29, 1.82) is 0 Å². The Bertz CT molecular complexity index is 776. The third kappa shape index (κ3) is 7.83. The van der Waals surface area contributed by atoms with Crippen molar-refractivity contribution in [3.63, 3.8) is 0 Å². The molecule has 1 rings (SSSR count). The lowest BCUT2D eigenvalue weighted by atomic mass is 9.69. The van der Waals surface area contributed by atoms with Crippen LogP contribution < -0.4 is 0 Å². The molecule has 0 spiro atoms. The van der Waals surface area contributed by atoms with Gasteiger partial charge in [-0.15, -0.1) is 3.71 Å². The molecule has 1 amide bonds. The average molecular weight is 445 g/mol. The summed E-state index contributed by atoms with van der Waals surface area (Å²) in [4.78, 5) is 13.0. The lowest BCUT2D eigenvalue weighted by Gasteiger charge is -2.36. The van der Waals surface area contributed by atoms with Gasteiger partial charge in [-0.1, -0.05) is 53.7 Å². The Morgan fingerprint density at radius 1 is 1.03 bits per heavy atom. The van der Waals surface area contributed by atoms with E-state index in [4.69, 9.17) is 4.74 Å². The van der Waals surface area contributed by atoms with E-state index in [2.05, 4.69) is 41.5 Å². The summed E-state index contributed by atoms with van der Waals surface area (Å²) >= 11 is 0.922. The van der Waals surface area contributed by atoms with E-state index in [-0.39, 0.29) is 21.7 Å². The third-order valence-corrected chi connectivity index (χ3v) is 7.60. The predicted octanol–water partition coefficient (Wildman–Crippen LogP) is 5.18. The molecule has 0 bridgehead atoms. The predicted molar refractivity (Wildman–Crippen MR) is 120 cm³/mol. The monoisotopic (exact) mass is 444 g/mol. The fraction of sp³-hybridized carbons (Fsp3) is 0.667. The molecule has 0 aliphatic rings. The largest absolute Gasteiger partial charge is 0.437 e. The number of hydrogen-bond acceptors (Lipinski definition) is 5. The summed E-state index contributed by atoms with van der Waals surface area (Å²) in [5, 5.41) is 0. The summed E-state index contributed by atoms with van der Waals surface area (Å²) in [5.41, 5.74) is 1.38. The molecule has 0 saturated carbocycles. The van der Waals surface area contributed by atoms with Gasteiger partial charge in [0.05, 0.1) is 4.90 Å². The molecule has 0 N–H and O–H groups in total. The van der Waals surface area contributed by atoms with Crippen molar-refractivity contribution in [1.82, 2.24) is 8.61 Å². The summed E-state index contributed by atoms with van der Waals surface area (Å²) < 4.78 is 31.7. The zero-order valence-corrected chi connectivity index (χ0v) is 20.8. The highest BCUT2D eigenvalue weighted by Crippen LogP contribution is 2.43. The van der Waals surface area contributed by atoms with Gasteiger partial charge in [-0.3, -0.25) is 0 Å². The number of amides is 1. The van der Waals surface area contributed by atoms with Crippen LogP contribution in [0, 0.1) is 10.8 Å². The molecule has 0 fully saturated rings.